The third-order valence-electron chi connectivity index (χ3n) is 7.17. The number of hydrogen-bond donors (Lipinski definition) is 1. The molecule has 3 fully saturated rings. The lowest BCUT2D eigenvalue weighted by atomic mass is 10.0. The molecule has 0 aliphatic carbocycles. The van der Waals surface area contributed by atoms with Crippen molar-refractivity contribution in [1.82, 2.24) is 0 Å². The monoisotopic (exact) mass is 534 g/mol. The summed E-state index contributed by atoms with van der Waals surface area (Å²) in [4.78, 5) is 0. The lowest BCUT2D eigenvalue weighted by molar-refractivity contribution is -0.306. The molecule has 0 aromatic carbocycles. The van der Waals surface area contributed by atoms with Crippen LogP contribution in [-0.2, 0) is 52.1 Å². The van der Waals surface area contributed by atoms with E-state index in [1.54, 1.807) is 27.6 Å². The van der Waals surface area contributed by atoms with Crippen LogP contribution in [0.15, 0.2) is 12.0 Å². The lowest BCUT2D eigenvalue weighted by Crippen LogP contribution is -2.51. The molecule has 0 spiro atoms. The van der Waals surface area contributed by atoms with E-state index in [0.29, 0.717) is 44.2 Å². The van der Waals surface area contributed by atoms with Crippen molar-refractivity contribution in [2.24, 2.45) is 5.92 Å². The molecule has 4 aliphatic heterocycles. The predicted molar refractivity (Wildman–Crippen MR) is 126 cm³/mol. The fourth-order valence-corrected chi connectivity index (χ4v) is 4.99. The largest absolute Gasteiger partial charge is 0.466 e. The number of hydrogen-bond acceptors (Lipinski definition) is 12. The van der Waals surface area contributed by atoms with Gasteiger partial charge < -0.3 is 57.2 Å². The Morgan fingerprint density at radius 3 is 2.00 bits per heavy atom. The van der Waals surface area contributed by atoms with Gasteiger partial charge in [0.05, 0.1) is 32.0 Å². The van der Waals surface area contributed by atoms with E-state index in [4.69, 9.17) is 52.1 Å². The van der Waals surface area contributed by atoms with E-state index in [-0.39, 0.29) is 37.1 Å². The molecule has 0 amide bonds. The zero-order chi connectivity index (χ0) is 26.4. The van der Waals surface area contributed by atoms with Crippen LogP contribution in [0.5, 0.6) is 0 Å². The zero-order valence-corrected chi connectivity index (χ0v) is 22.3. The number of ether oxygens (including phenoxy) is 11. The Hall–Kier alpha value is -1.06. The van der Waals surface area contributed by atoms with Gasteiger partial charge in [-0.25, -0.2) is 0 Å². The van der Waals surface area contributed by atoms with Crippen LogP contribution < -0.4 is 0 Å². The van der Waals surface area contributed by atoms with Gasteiger partial charge in [-0.15, -0.1) is 0 Å². The average molecular weight is 535 g/mol. The molecule has 4 rings (SSSR count). The van der Waals surface area contributed by atoms with Crippen LogP contribution in [0.25, 0.3) is 0 Å². The third kappa shape index (κ3) is 7.53. The molecular weight excluding hydrogens is 492 g/mol. The summed E-state index contributed by atoms with van der Waals surface area (Å²) in [5.74, 6) is 1.03. The summed E-state index contributed by atoms with van der Waals surface area (Å²) in [6, 6.07) is 0. The summed E-state index contributed by atoms with van der Waals surface area (Å²) in [5.41, 5.74) is 0. The van der Waals surface area contributed by atoms with E-state index in [1.165, 1.54) is 7.11 Å². The zero-order valence-electron chi connectivity index (χ0n) is 22.3. The standard InChI is InChI=1S/C25H42O12/c1-14-6-19(28-3)23(32-10-14)36-16-8-21(30-5)25(34-12-16)37-17-9-20(29-4)24(33-13-17)35-15-7-18(27-2)22(26)31-11-15/h12,14-15,17-26H,6-11,13H2,1-5H3/t14-,15+,17-,18?,19?,20?,21?,22+,23+,24+,25-/m0/s1. The van der Waals surface area contributed by atoms with E-state index in [9.17, 15) is 5.11 Å². The Balaban J connectivity index is 1.27. The van der Waals surface area contributed by atoms with Gasteiger partial charge in [0, 0.05) is 47.7 Å². The fraction of sp³-hybridized carbons (Fsp3) is 0.920. The first-order chi connectivity index (χ1) is 17.9. The first-order valence-electron chi connectivity index (χ1n) is 12.9. The molecule has 12 nitrogen and oxygen atoms in total. The SMILES string of the molecule is COC1C[C@H](C)CO[C@@H]1OC1=CO[C@@H](O[C@@H]2CO[C@H](O[C@H]3CO[C@@H](O)C(OC)C3)C(OC)C2)C(OC)C1. The molecule has 4 aliphatic rings. The van der Waals surface area contributed by atoms with Gasteiger partial charge in [0.15, 0.2) is 12.6 Å². The lowest BCUT2D eigenvalue weighted by Gasteiger charge is -2.41. The summed E-state index contributed by atoms with van der Waals surface area (Å²) in [7, 11) is 6.41. The topological polar surface area (TPSA) is 122 Å². The van der Waals surface area contributed by atoms with Gasteiger partial charge in [-0.1, -0.05) is 6.92 Å². The van der Waals surface area contributed by atoms with Gasteiger partial charge in [0.1, 0.15) is 36.4 Å². The van der Waals surface area contributed by atoms with Gasteiger partial charge in [0.2, 0.25) is 12.6 Å². The minimum Gasteiger partial charge on any atom is -0.466 e. The van der Waals surface area contributed by atoms with E-state index in [1.807, 2.05) is 0 Å². The first-order valence-corrected chi connectivity index (χ1v) is 12.9. The average Bonchev–Trinajstić information content (AvgIpc) is 2.92. The highest BCUT2D eigenvalue weighted by Crippen LogP contribution is 2.31. The molecule has 4 heterocycles. The molecule has 214 valence electrons. The van der Waals surface area contributed by atoms with Crippen molar-refractivity contribution in [2.45, 2.75) is 94.4 Å². The Morgan fingerprint density at radius 2 is 1.30 bits per heavy atom. The van der Waals surface area contributed by atoms with Crippen LogP contribution in [-0.4, -0.2) is 115 Å². The Kier molecular flexibility index (Phi) is 10.8. The fourth-order valence-electron chi connectivity index (χ4n) is 4.99. The second kappa shape index (κ2) is 13.8. The van der Waals surface area contributed by atoms with Crippen molar-refractivity contribution in [1.29, 1.82) is 0 Å². The van der Waals surface area contributed by atoms with Crippen molar-refractivity contribution in [2.75, 3.05) is 48.3 Å². The first kappa shape index (κ1) is 28.9. The van der Waals surface area contributed by atoms with Gasteiger partial charge in [-0.05, 0) is 12.3 Å². The summed E-state index contributed by atoms with van der Waals surface area (Å²) < 4.78 is 63.5. The molecule has 3 saturated heterocycles. The number of rotatable bonds is 10. The normalized spacial score (nSPS) is 43.1. The minimum absolute atomic E-state index is 0.147. The van der Waals surface area contributed by atoms with Crippen LogP contribution in [0.3, 0.4) is 0 Å². The molecular formula is C25H42O12. The van der Waals surface area contributed by atoms with Crippen molar-refractivity contribution >= 4 is 0 Å². The van der Waals surface area contributed by atoms with Crippen molar-refractivity contribution in [3.05, 3.63) is 12.0 Å². The van der Waals surface area contributed by atoms with Crippen LogP contribution in [0.4, 0.5) is 0 Å². The van der Waals surface area contributed by atoms with E-state index in [2.05, 4.69) is 6.92 Å². The van der Waals surface area contributed by atoms with E-state index >= 15 is 0 Å². The van der Waals surface area contributed by atoms with Crippen LogP contribution in [0, 0.1) is 5.92 Å². The minimum atomic E-state index is -0.961. The van der Waals surface area contributed by atoms with E-state index < -0.39 is 31.3 Å². The summed E-state index contributed by atoms with van der Waals surface area (Å²) in [5, 5.41) is 9.83. The quantitative estimate of drug-likeness (QED) is 0.435. The second-order valence-corrected chi connectivity index (χ2v) is 9.96. The summed E-state index contributed by atoms with van der Waals surface area (Å²) in [6.45, 7) is 3.28. The second-order valence-electron chi connectivity index (χ2n) is 9.96. The van der Waals surface area contributed by atoms with Crippen molar-refractivity contribution in [3.63, 3.8) is 0 Å². The maximum atomic E-state index is 9.83. The highest BCUT2D eigenvalue weighted by molar-refractivity contribution is 4.98. The Bertz CT molecular complexity index is 722. The maximum Gasteiger partial charge on any atom is 0.226 e. The van der Waals surface area contributed by atoms with Crippen molar-refractivity contribution in [3.8, 4) is 0 Å². The van der Waals surface area contributed by atoms with Crippen LogP contribution in [0.2, 0.25) is 0 Å². The highest BCUT2D eigenvalue weighted by Gasteiger charge is 2.41. The van der Waals surface area contributed by atoms with Gasteiger partial charge >= 0.3 is 0 Å². The van der Waals surface area contributed by atoms with Crippen LogP contribution >= 0.6 is 0 Å². The van der Waals surface area contributed by atoms with Gasteiger partial charge in [-0.2, -0.15) is 0 Å². The molecule has 12 heteroatoms. The summed E-state index contributed by atoms with van der Waals surface area (Å²) in [6.07, 6.45) is -0.680. The third-order valence-corrected chi connectivity index (χ3v) is 7.17. The van der Waals surface area contributed by atoms with Gasteiger partial charge in [-0.3, -0.25) is 0 Å². The molecule has 0 bridgehead atoms. The summed E-state index contributed by atoms with van der Waals surface area (Å²) >= 11 is 0. The molecule has 0 aromatic rings. The maximum absolute atomic E-state index is 9.83. The highest BCUT2D eigenvalue weighted by atomic mass is 16.7. The predicted octanol–water partition coefficient (Wildman–Crippen LogP) is 1.29. The number of methoxy groups -OCH3 is 4. The van der Waals surface area contributed by atoms with E-state index in [0.717, 1.165) is 6.42 Å². The Labute approximate surface area is 218 Å². The number of aliphatic hydroxyl groups is 1. The van der Waals surface area contributed by atoms with Gasteiger partial charge in [0.25, 0.3) is 0 Å². The molecule has 1 N–H and O–H groups in total. The van der Waals surface area contributed by atoms with Crippen molar-refractivity contribution < 1.29 is 57.2 Å². The number of aliphatic hydroxyl groups excluding tert-OH is 1. The molecule has 0 radical (unpaired) electrons. The molecule has 37 heavy (non-hydrogen) atoms. The van der Waals surface area contributed by atoms with Crippen LogP contribution in [0.1, 0.15) is 32.6 Å². The Morgan fingerprint density at radius 1 is 0.703 bits per heavy atom. The molecule has 0 saturated carbocycles. The molecule has 4 unspecified atom stereocenters. The molecule has 11 atom stereocenters. The molecule has 0 aromatic heterocycles. The smallest absolute Gasteiger partial charge is 0.226 e.